The van der Waals surface area contributed by atoms with Crippen molar-refractivity contribution in [2.75, 3.05) is 13.7 Å². The molecular weight excluding hydrogens is 100 g/mol. The van der Waals surface area contributed by atoms with Gasteiger partial charge in [-0.1, -0.05) is 6.92 Å². The molecule has 2 heteroatoms. The van der Waals surface area contributed by atoms with Crippen molar-refractivity contribution in [3.8, 4) is 0 Å². The molecule has 0 amide bonds. The van der Waals surface area contributed by atoms with Gasteiger partial charge in [-0.15, -0.1) is 0 Å². The molecule has 0 spiro atoms. The van der Waals surface area contributed by atoms with E-state index in [1.807, 2.05) is 7.05 Å². The van der Waals surface area contributed by atoms with Crippen molar-refractivity contribution in [2.45, 2.75) is 26.3 Å². The molecule has 0 aliphatic rings. The van der Waals surface area contributed by atoms with Crippen LogP contribution >= 0.6 is 0 Å². The lowest BCUT2D eigenvalue weighted by molar-refractivity contribution is 0.513. The van der Waals surface area contributed by atoms with Crippen molar-refractivity contribution in [3.05, 3.63) is 0 Å². The molecule has 0 aromatic rings. The topological polar surface area (TPSA) is 24.1 Å². The smallest absolute Gasteiger partial charge is 0.0453 e. The Bertz CT molecular complexity index is 45.8. The quantitative estimate of drug-likeness (QED) is 0.524. The van der Waals surface area contributed by atoms with Gasteiger partial charge in [0.1, 0.15) is 0 Å². The molecule has 0 saturated heterocycles. The summed E-state index contributed by atoms with van der Waals surface area (Å²) in [7, 11) is 1.94. The van der Waals surface area contributed by atoms with Crippen LogP contribution < -0.4 is 10.6 Å². The second kappa shape index (κ2) is 5.06. The fourth-order valence-corrected chi connectivity index (χ4v) is 0.421. The van der Waals surface area contributed by atoms with Crippen LogP contribution in [0.2, 0.25) is 0 Å². The summed E-state index contributed by atoms with van der Waals surface area (Å²) in [4.78, 5) is 0. The molecule has 0 heterocycles. The van der Waals surface area contributed by atoms with Crippen molar-refractivity contribution in [2.24, 2.45) is 0 Å². The maximum atomic E-state index is 3.27. The largest absolute Gasteiger partial charge is 0.308 e. The van der Waals surface area contributed by atoms with Gasteiger partial charge in [0.2, 0.25) is 0 Å². The molecule has 1 unspecified atom stereocenters. The molecule has 0 rings (SSSR count). The van der Waals surface area contributed by atoms with E-state index in [9.17, 15) is 0 Å². The maximum Gasteiger partial charge on any atom is 0.0453 e. The third-order valence-corrected chi connectivity index (χ3v) is 1.24. The van der Waals surface area contributed by atoms with Crippen LogP contribution in [0.25, 0.3) is 0 Å². The lowest BCUT2D eigenvalue weighted by Crippen LogP contribution is -2.32. The SMILES string of the molecule is CCC(C)NCNC. The summed E-state index contributed by atoms with van der Waals surface area (Å²) in [5.41, 5.74) is 0. The first-order chi connectivity index (χ1) is 3.81. The Morgan fingerprint density at radius 3 is 2.50 bits per heavy atom. The maximum absolute atomic E-state index is 3.27. The van der Waals surface area contributed by atoms with Crippen molar-refractivity contribution in [1.29, 1.82) is 0 Å². The van der Waals surface area contributed by atoms with Crippen LogP contribution in [0.3, 0.4) is 0 Å². The van der Waals surface area contributed by atoms with E-state index in [4.69, 9.17) is 0 Å². The minimum absolute atomic E-state index is 0.641. The second-order valence-electron chi connectivity index (χ2n) is 2.04. The zero-order chi connectivity index (χ0) is 6.41. The normalized spacial score (nSPS) is 13.9. The third kappa shape index (κ3) is 4.09. The number of nitrogens with one attached hydrogen (secondary N) is 2. The Hall–Kier alpha value is -0.0800. The van der Waals surface area contributed by atoms with Gasteiger partial charge in [0.15, 0.2) is 0 Å². The highest BCUT2D eigenvalue weighted by Gasteiger charge is 1.91. The predicted octanol–water partition coefficient (Wildman–Crippen LogP) is 0.551. The molecule has 0 aromatic heterocycles. The van der Waals surface area contributed by atoms with Gasteiger partial charge < -0.3 is 10.6 Å². The summed E-state index contributed by atoms with van der Waals surface area (Å²) in [6, 6.07) is 0.641. The standard InChI is InChI=1S/C6H16N2/c1-4-6(2)8-5-7-3/h6-8H,4-5H2,1-3H3. The van der Waals surface area contributed by atoms with Crippen LogP contribution in [0.5, 0.6) is 0 Å². The van der Waals surface area contributed by atoms with Gasteiger partial charge in [-0.25, -0.2) is 0 Å². The van der Waals surface area contributed by atoms with E-state index >= 15 is 0 Å². The Morgan fingerprint density at radius 1 is 1.50 bits per heavy atom. The Balaban J connectivity index is 2.86. The molecule has 8 heavy (non-hydrogen) atoms. The number of hydrogen-bond donors (Lipinski definition) is 2. The first-order valence-electron chi connectivity index (χ1n) is 3.19. The summed E-state index contributed by atoms with van der Waals surface area (Å²) < 4.78 is 0. The highest BCUT2D eigenvalue weighted by atomic mass is 15.1. The van der Waals surface area contributed by atoms with E-state index in [0.717, 1.165) is 6.67 Å². The fraction of sp³-hybridized carbons (Fsp3) is 1.00. The minimum Gasteiger partial charge on any atom is -0.308 e. The Morgan fingerprint density at radius 2 is 2.12 bits per heavy atom. The molecule has 0 bridgehead atoms. The van der Waals surface area contributed by atoms with Crippen molar-refractivity contribution >= 4 is 0 Å². The van der Waals surface area contributed by atoms with E-state index in [1.165, 1.54) is 6.42 Å². The zero-order valence-corrected chi connectivity index (χ0v) is 5.99. The molecule has 0 aliphatic carbocycles. The van der Waals surface area contributed by atoms with E-state index in [2.05, 4.69) is 24.5 Å². The summed E-state index contributed by atoms with van der Waals surface area (Å²) in [6.45, 7) is 5.26. The van der Waals surface area contributed by atoms with Crippen molar-refractivity contribution in [3.63, 3.8) is 0 Å². The summed E-state index contributed by atoms with van der Waals surface area (Å²) in [5, 5.41) is 6.29. The molecular formula is C6H16N2. The van der Waals surface area contributed by atoms with E-state index < -0.39 is 0 Å². The van der Waals surface area contributed by atoms with Crippen molar-refractivity contribution in [1.82, 2.24) is 10.6 Å². The average molecular weight is 116 g/mol. The van der Waals surface area contributed by atoms with Crippen LogP contribution in [-0.4, -0.2) is 19.8 Å². The molecule has 0 saturated carbocycles. The zero-order valence-electron chi connectivity index (χ0n) is 5.99. The number of hydrogen-bond acceptors (Lipinski definition) is 2. The molecule has 0 aliphatic heterocycles. The molecule has 2 nitrogen and oxygen atoms in total. The molecule has 0 aromatic carbocycles. The van der Waals surface area contributed by atoms with Gasteiger partial charge in [-0.2, -0.15) is 0 Å². The van der Waals surface area contributed by atoms with Crippen LogP contribution in [0.1, 0.15) is 20.3 Å². The minimum atomic E-state index is 0.641. The van der Waals surface area contributed by atoms with Crippen LogP contribution in [0.15, 0.2) is 0 Å². The van der Waals surface area contributed by atoms with E-state index in [1.54, 1.807) is 0 Å². The summed E-state index contributed by atoms with van der Waals surface area (Å²) in [5.74, 6) is 0. The molecule has 0 fully saturated rings. The molecule has 0 radical (unpaired) electrons. The molecule has 50 valence electrons. The molecule has 1 atom stereocenters. The van der Waals surface area contributed by atoms with Gasteiger partial charge >= 0.3 is 0 Å². The Labute approximate surface area is 51.7 Å². The third-order valence-electron chi connectivity index (χ3n) is 1.24. The summed E-state index contributed by atoms with van der Waals surface area (Å²) >= 11 is 0. The van der Waals surface area contributed by atoms with Gasteiger partial charge in [-0.05, 0) is 20.4 Å². The van der Waals surface area contributed by atoms with Gasteiger partial charge in [-0.3, -0.25) is 0 Å². The first kappa shape index (κ1) is 7.92. The second-order valence-corrected chi connectivity index (χ2v) is 2.04. The average Bonchev–Trinajstić information content (AvgIpc) is 1.83. The summed E-state index contributed by atoms with van der Waals surface area (Å²) in [6.07, 6.45) is 1.20. The van der Waals surface area contributed by atoms with Crippen LogP contribution in [0, 0.1) is 0 Å². The van der Waals surface area contributed by atoms with Gasteiger partial charge in [0.05, 0.1) is 0 Å². The Kier molecular flexibility index (Phi) is 5.01. The highest BCUT2D eigenvalue weighted by Crippen LogP contribution is 1.83. The predicted molar refractivity (Wildman–Crippen MR) is 36.8 cm³/mol. The fourth-order valence-electron chi connectivity index (χ4n) is 0.421. The lowest BCUT2D eigenvalue weighted by Gasteiger charge is -2.08. The van der Waals surface area contributed by atoms with Crippen molar-refractivity contribution < 1.29 is 0 Å². The molecule has 2 N–H and O–H groups in total. The first-order valence-corrected chi connectivity index (χ1v) is 3.19. The van der Waals surface area contributed by atoms with Crippen LogP contribution in [-0.2, 0) is 0 Å². The van der Waals surface area contributed by atoms with Crippen LogP contribution in [0.4, 0.5) is 0 Å². The number of rotatable bonds is 4. The van der Waals surface area contributed by atoms with Gasteiger partial charge in [0, 0.05) is 12.7 Å². The van der Waals surface area contributed by atoms with E-state index in [-0.39, 0.29) is 0 Å². The van der Waals surface area contributed by atoms with E-state index in [0.29, 0.717) is 6.04 Å². The highest BCUT2D eigenvalue weighted by molar-refractivity contribution is 4.53. The lowest BCUT2D eigenvalue weighted by atomic mass is 10.3. The monoisotopic (exact) mass is 116 g/mol. The van der Waals surface area contributed by atoms with Gasteiger partial charge in [0.25, 0.3) is 0 Å².